The van der Waals surface area contributed by atoms with Crippen molar-refractivity contribution in [2.45, 2.75) is 13.8 Å². The maximum absolute atomic E-state index is 9.90. The maximum Gasteiger partial charge on any atom is 0.243 e. The van der Waals surface area contributed by atoms with E-state index in [2.05, 4.69) is 20.5 Å². The Hall–Kier alpha value is -3.29. The van der Waals surface area contributed by atoms with Crippen molar-refractivity contribution in [3.05, 3.63) is 69.3 Å². The van der Waals surface area contributed by atoms with Crippen molar-refractivity contribution < 1.29 is 14.3 Å². The molecule has 7 nitrogen and oxygen atoms in total. The van der Waals surface area contributed by atoms with Gasteiger partial charge >= 0.3 is 0 Å². The number of ether oxygens (including phenoxy) is 1. The average molecular weight is 457 g/mol. The molecule has 2 aromatic heterocycles. The van der Waals surface area contributed by atoms with Crippen molar-refractivity contribution in [2.24, 2.45) is 5.10 Å². The number of phenols is 1. The van der Waals surface area contributed by atoms with Crippen LogP contribution in [-0.2, 0) is 0 Å². The molecule has 9 heteroatoms. The highest BCUT2D eigenvalue weighted by atomic mass is 35.5. The first-order valence-electron chi connectivity index (χ1n) is 9.26. The van der Waals surface area contributed by atoms with Crippen LogP contribution in [0, 0.1) is 13.8 Å². The summed E-state index contributed by atoms with van der Waals surface area (Å²) in [5.74, 6) is 1.18. The third kappa shape index (κ3) is 4.42. The van der Waals surface area contributed by atoms with Crippen molar-refractivity contribution in [3.63, 3.8) is 0 Å². The molecule has 0 spiro atoms. The van der Waals surface area contributed by atoms with E-state index >= 15 is 0 Å². The molecule has 4 aromatic rings. The van der Waals surface area contributed by atoms with Crippen LogP contribution >= 0.6 is 23.2 Å². The van der Waals surface area contributed by atoms with E-state index in [1.807, 2.05) is 19.9 Å². The summed E-state index contributed by atoms with van der Waals surface area (Å²) in [4.78, 5) is 8.68. The smallest absolute Gasteiger partial charge is 0.243 e. The minimum atomic E-state index is 0.0235. The lowest BCUT2D eigenvalue weighted by Crippen LogP contribution is -2.09. The molecule has 0 radical (unpaired) electrons. The second-order valence-corrected chi connectivity index (χ2v) is 7.69. The third-order valence-corrected chi connectivity index (χ3v) is 4.99. The normalized spacial score (nSPS) is 11.7. The van der Waals surface area contributed by atoms with Gasteiger partial charge in [0, 0.05) is 33.4 Å². The van der Waals surface area contributed by atoms with Crippen LogP contribution in [0.4, 0.5) is 5.95 Å². The molecule has 0 atom stereocenters. The van der Waals surface area contributed by atoms with Crippen LogP contribution in [0.25, 0.3) is 22.3 Å². The summed E-state index contributed by atoms with van der Waals surface area (Å²) in [6.45, 7) is 3.76. The third-order valence-electron chi connectivity index (χ3n) is 4.49. The standard InChI is InChI=1S/C22H18Cl2N4O3/c1-11-6-12(2)26-22(25-11)28-27-17-10-19(13-4-5-18(29)20(7-13)30-3)31-21-15(17)8-14(23)9-16(21)24/h4-10,29H,1-3H3,(H,25,26,28)/b27-17+. The van der Waals surface area contributed by atoms with Crippen molar-refractivity contribution in [3.8, 4) is 22.8 Å². The Kier molecular flexibility index (Phi) is 5.71. The summed E-state index contributed by atoms with van der Waals surface area (Å²) < 4.78 is 11.3. The Morgan fingerprint density at radius 3 is 2.48 bits per heavy atom. The Labute approximate surface area is 187 Å². The number of methoxy groups -OCH3 is 1. The number of aromatic nitrogens is 2. The molecule has 2 aromatic carbocycles. The van der Waals surface area contributed by atoms with Gasteiger partial charge in [-0.15, -0.1) is 0 Å². The second kappa shape index (κ2) is 8.45. The number of phenolic OH excluding ortho intramolecular Hbond substituents is 1. The van der Waals surface area contributed by atoms with E-state index in [1.54, 1.807) is 30.3 Å². The fourth-order valence-corrected chi connectivity index (χ4v) is 3.68. The highest BCUT2D eigenvalue weighted by Gasteiger charge is 2.13. The Morgan fingerprint density at radius 2 is 1.77 bits per heavy atom. The van der Waals surface area contributed by atoms with Crippen molar-refractivity contribution in [2.75, 3.05) is 12.5 Å². The van der Waals surface area contributed by atoms with Gasteiger partial charge in [-0.1, -0.05) is 23.2 Å². The molecule has 0 aliphatic carbocycles. The molecule has 31 heavy (non-hydrogen) atoms. The minimum absolute atomic E-state index is 0.0235. The van der Waals surface area contributed by atoms with E-state index in [1.165, 1.54) is 13.2 Å². The molecule has 0 saturated heterocycles. The van der Waals surface area contributed by atoms with Crippen LogP contribution in [-0.4, -0.2) is 22.2 Å². The fraction of sp³-hybridized carbons (Fsp3) is 0.136. The van der Waals surface area contributed by atoms with Gasteiger partial charge < -0.3 is 14.3 Å². The number of hydrogen-bond donors (Lipinski definition) is 2. The molecule has 2 N–H and O–H groups in total. The van der Waals surface area contributed by atoms with E-state index in [4.69, 9.17) is 32.4 Å². The van der Waals surface area contributed by atoms with Crippen LogP contribution in [0.5, 0.6) is 11.5 Å². The topological polar surface area (TPSA) is 92.8 Å². The molecule has 2 heterocycles. The predicted molar refractivity (Wildman–Crippen MR) is 121 cm³/mol. The van der Waals surface area contributed by atoms with Gasteiger partial charge in [0.1, 0.15) is 5.76 Å². The quantitative estimate of drug-likeness (QED) is 0.396. The second-order valence-electron chi connectivity index (χ2n) is 6.84. The number of aryl methyl sites for hydroxylation is 2. The number of fused-ring (bicyclic) bond motifs is 1. The zero-order valence-electron chi connectivity index (χ0n) is 16.9. The van der Waals surface area contributed by atoms with E-state index in [0.29, 0.717) is 49.4 Å². The number of halogens is 2. The van der Waals surface area contributed by atoms with Crippen LogP contribution in [0.1, 0.15) is 11.4 Å². The molecule has 0 saturated carbocycles. The van der Waals surface area contributed by atoms with Gasteiger partial charge in [0.05, 0.1) is 17.5 Å². The Morgan fingerprint density at radius 1 is 1.03 bits per heavy atom. The number of aromatic hydroxyl groups is 1. The zero-order valence-corrected chi connectivity index (χ0v) is 18.4. The minimum Gasteiger partial charge on any atom is -0.504 e. The van der Waals surface area contributed by atoms with Gasteiger partial charge in [-0.2, -0.15) is 5.10 Å². The lowest BCUT2D eigenvalue weighted by atomic mass is 10.1. The number of nitrogens with one attached hydrogen (secondary N) is 1. The molecular formula is C22H18Cl2N4O3. The molecule has 158 valence electrons. The number of anilines is 1. The van der Waals surface area contributed by atoms with E-state index < -0.39 is 0 Å². The van der Waals surface area contributed by atoms with E-state index in [-0.39, 0.29) is 5.75 Å². The van der Waals surface area contributed by atoms with Crippen molar-refractivity contribution in [1.29, 1.82) is 0 Å². The highest BCUT2D eigenvalue weighted by Crippen LogP contribution is 2.34. The monoisotopic (exact) mass is 456 g/mol. The van der Waals surface area contributed by atoms with Crippen LogP contribution in [0.3, 0.4) is 0 Å². The summed E-state index contributed by atoms with van der Waals surface area (Å²) >= 11 is 12.6. The van der Waals surface area contributed by atoms with Gasteiger partial charge in [0.2, 0.25) is 5.95 Å². The molecule has 0 amide bonds. The van der Waals surface area contributed by atoms with Gasteiger partial charge in [0.15, 0.2) is 17.1 Å². The molecule has 0 bridgehead atoms. The lowest BCUT2D eigenvalue weighted by molar-refractivity contribution is 0.373. The summed E-state index contributed by atoms with van der Waals surface area (Å²) in [5.41, 5.74) is 5.62. The van der Waals surface area contributed by atoms with Crippen LogP contribution in [0.2, 0.25) is 10.0 Å². The van der Waals surface area contributed by atoms with E-state index in [0.717, 1.165) is 11.4 Å². The summed E-state index contributed by atoms with van der Waals surface area (Å²) in [6.07, 6.45) is 0. The predicted octanol–water partition coefficient (Wildman–Crippen LogP) is 5.46. The zero-order chi connectivity index (χ0) is 22.1. The summed E-state index contributed by atoms with van der Waals surface area (Å²) in [5, 5.41) is 16.3. The van der Waals surface area contributed by atoms with Gasteiger partial charge in [-0.3, -0.25) is 0 Å². The number of benzene rings is 2. The SMILES string of the molecule is COc1cc(-c2c/c(=N\Nc3nc(C)cc(C)n3)c3cc(Cl)cc(Cl)c3o2)ccc1O. The molecule has 0 aliphatic heterocycles. The van der Waals surface area contributed by atoms with E-state index in [9.17, 15) is 5.11 Å². The molecular weight excluding hydrogens is 439 g/mol. The fourth-order valence-electron chi connectivity index (χ4n) is 3.15. The Bertz CT molecular complexity index is 1350. The molecule has 0 unspecified atom stereocenters. The number of hydrogen-bond acceptors (Lipinski definition) is 7. The molecule has 0 aliphatic rings. The first kappa shape index (κ1) is 21.0. The first-order chi connectivity index (χ1) is 14.8. The van der Waals surface area contributed by atoms with Crippen LogP contribution < -0.4 is 15.5 Å². The largest absolute Gasteiger partial charge is 0.504 e. The highest BCUT2D eigenvalue weighted by molar-refractivity contribution is 6.38. The Balaban J connectivity index is 1.92. The first-order valence-corrected chi connectivity index (χ1v) is 10.0. The van der Waals surface area contributed by atoms with Gasteiger partial charge in [0.25, 0.3) is 0 Å². The van der Waals surface area contributed by atoms with Gasteiger partial charge in [-0.05, 0) is 50.2 Å². The van der Waals surface area contributed by atoms with Crippen molar-refractivity contribution >= 4 is 40.1 Å². The summed E-state index contributed by atoms with van der Waals surface area (Å²) in [6, 6.07) is 11.8. The maximum atomic E-state index is 9.90. The lowest BCUT2D eigenvalue weighted by Gasteiger charge is -2.09. The molecule has 0 fully saturated rings. The molecule has 4 rings (SSSR count). The summed E-state index contributed by atoms with van der Waals surface area (Å²) in [7, 11) is 1.48. The van der Waals surface area contributed by atoms with Crippen molar-refractivity contribution in [1.82, 2.24) is 9.97 Å². The van der Waals surface area contributed by atoms with Gasteiger partial charge in [-0.25, -0.2) is 15.4 Å². The average Bonchev–Trinajstić information content (AvgIpc) is 2.72. The van der Waals surface area contributed by atoms with Crippen LogP contribution in [0.15, 0.2) is 52.0 Å². The number of rotatable bonds is 4. The number of nitrogens with zero attached hydrogens (tertiary/aromatic N) is 3.